The predicted octanol–water partition coefficient (Wildman–Crippen LogP) is 1.23. The molecule has 0 radical (unpaired) electrons. The van der Waals surface area contributed by atoms with Crippen LogP contribution < -0.4 is 15.8 Å². The number of rotatable bonds is 0. The molecule has 2 aliphatic rings. The average molecular weight is 209 g/mol. The zero-order valence-corrected chi connectivity index (χ0v) is 9.35. The van der Waals surface area contributed by atoms with Gasteiger partial charge in [-0.3, -0.25) is 0 Å². The summed E-state index contributed by atoms with van der Waals surface area (Å²) in [5, 5.41) is 6.12. The maximum atomic E-state index is 3.47. The number of nitrogens with one attached hydrogen (secondary N) is 1. The lowest BCUT2D eigenvalue weighted by molar-refractivity contribution is 0.646. The van der Waals surface area contributed by atoms with Crippen molar-refractivity contribution < 1.29 is 0 Å². The van der Waals surface area contributed by atoms with Crippen molar-refractivity contribution in [3.05, 3.63) is 58.5 Å². The lowest BCUT2D eigenvalue weighted by Crippen LogP contribution is -2.29. The summed E-state index contributed by atoms with van der Waals surface area (Å²) in [7, 11) is 0. The van der Waals surface area contributed by atoms with Crippen molar-refractivity contribution in [2.24, 2.45) is 5.92 Å². The second-order valence-corrected chi connectivity index (χ2v) is 4.43. The molecule has 16 heavy (non-hydrogen) atoms. The van der Waals surface area contributed by atoms with Crippen molar-refractivity contribution in [1.29, 1.82) is 0 Å². The Morgan fingerprint density at radius 2 is 2.00 bits per heavy atom. The monoisotopic (exact) mass is 209 g/mol. The summed E-state index contributed by atoms with van der Waals surface area (Å²) in [5.74, 6) is 0.462. The van der Waals surface area contributed by atoms with E-state index in [1.165, 1.54) is 16.0 Å². The van der Waals surface area contributed by atoms with Gasteiger partial charge < -0.3 is 5.32 Å². The second-order valence-electron chi connectivity index (χ2n) is 4.43. The summed E-state index contributed by atoms with van der Waals surface area (Å²) in [6, 6.07) is 6.85. The third-order valence-electron chi connectivity index (χ3n) is 3.33. The van der Waals surface area contributed by atoms with Gasteiger partial charge >= 0.3 is 0 Å². The van der Waals surface area contributed by atoms with Crippen LogP contribution in [0.2, 0.25) is 0 Å². The first kappa shape index (κ1) is 9.46. The summed E-state index contributed by atoms with van der Waals surface area (Å²) in [5.41, 5.74) is 1.35. The Morgan fingerprint density at radius 3 is 2.94 bits per heavy atom. The fraction of sp³-hybridized carbons (Fsp3) is 0.200. The molecule has 1 aliphatic carbocycles. The first-order valence-electron chi connectivity index (χ1n) is 5.73. The highest BCUT2D eigenvalue weighted by Gasteiger charge is 2.16. The molecule has 1 heterocycles. The van der Waals surface area contributed by atoms with Crippen molar-refractivity contribution in [2.45, 2.75) is 13.0 Å². The van der Waals surface area contributed by atoms with E-state index in [1.807, 2.05) is 0 Å². The fourth-order valence-corrected chi connectivity index (χ4v) is 2.39. The molecule has 1 aliphatic heterocycles. The van der Waals surface area contributed by atoms with Crippen LogP contribution in [0.3, 0.4) is 0 Å². The van der Waals surface area contributed by atoms with Crippen molar-refractivity contribution in [2.75, 3.05) is 0 Å². The Kier molecular flexibility index (Phi) is 2.17. The van der Waals surface area contributed by atoms with Gasteiger partial charge in [0.05, 0.1) is 6.04 Å². The molecule has 0 saturated carbocycles. The molecule has 0 spiro atoms. The number of hydrogen-bond donors (Lipinski definition) is 1. The molecular formula is C15H15N. The van der Waals surface area contributed by atoms with Gasteiger partial charge in [0.15, 0.2) is 0 Å². The largest absolute Gasteiger partial charge is 0.383 e. The summed E-state index contributed by atoms with van der Waals surface area (Å²) < 4.78 is 0. The number of hydrogen-bond acceptors (Lipinski definition) is 1. The molecule has 0 amide bonds. The molecule has 1 nitrogen and oxygen atoms in total. The van der Waals surface area contributed by atoms with E-state index in [0.29, 0.717) is 12.0 Å². The van der Waals surface area contributed by atoms with E-state index in [2.05, 4.69) is 67.0 Å². The molecular weight excluding hydrogens is 194 g/mol. The van der Waals surface area contributed by atoms with Gasteiger partial charge in [0.1, 0.15) is 0 Å². The van der Waals surface area contributed by atoms with Crippen molar-refractivity contribution >= 4 is 12.3 Å². The van der Waals surface area contributed by atoms with E-state index in [-0.39, 0.29) is 0 Å². The molecule has 80 valence electrons. The molecule has 1 N–H and O–H groups in total. The molecule has 1 heteroatoms. The zero-order chi connectivity index (χ0) is 11.0. The van der Waals surface area contributed by atoms with Gasteiger partial charge in [-0.05, 0) is 22.9 Å². The van der Waals surface area contributed by atoms with E-state index in [9.17, 15) is 0 Å². The van der Waals surface area contributed by atoms with E-state index in [1.54, 1.807) is 0 Å². The second kappa shape index (κ2) is 3.67. The van der Waals surface area contributed by atoms with Gasteiger partial charge in [0.2, 0.25) is 0 Å². The topological polar surface area (TPSA) is 12.0 Å². The Labute approximate surface area is 95.5 Å². The fourth-order valence-electron chi connectivity index (χ4n) is 2.39. The molecule has 0 aromatic heterocycles. The lowest BCUT2D eigenvalue weighted by atomic mass is 9.94. The van der Waals surface area contributed by atoms with Crippen LogP contribution in [0, 0.1) is 12.8 Å². The highest BCUT2D eigenvalue weighted by molar-refractivity contribution is 5.45. The molecule has 2 atom stereocenters. The number of fused-ring (bicyclic) bond motifs is 2. The van der Waals surface area contributed by atoms with Gasteiger partial charge in [-0.25, -0.2) is 0 Å². The quantitative estimate of drug-likeness (QED) is 0.677. The van der Waals surface area contributed by atoms with E-state index < -0.39 is 0 Å². The van der Waals surface area contributed by atoms with Crippen LogP contribution in [-0.2, 0) is 0 Å². The highest BCUT2D eigenvalue weighted by Crippen LogP contribution is 2.15. The molecule has 0 fully saturated rings. The Hall–Kier alpha value is -1.76. The first-order valence-corrected chi connectivity index (χ1v) is 5.73. The number of aryl methyl sites for hydroxylation is 1. The third-order valence-corrected chi connectivity index (χ3v) is 3.33. The highest BCUT2D eigenvalue weighted by atomic mass is 14.9. The van der Waals surface area contributed by atoms with E-state index >= 15 is 0 Å². The third kappa shape index (κ3) is 1.49. The van der Waals surface area contributed by atoms with Gasteiger partial charge in [-0.15, -0.1) is 0 Å². The van der Waals surface area contributed by atoms with E-state index in [0.717, 1.165) is 0 Å². The smallest absolute Gasteiger partial charge is 0.0540 e. The predicted molar refractivity (Wildman–Crippen MR) is 68.1 cm³/mol. The van der Waals surface area contributed by atoms with Crippen LogP contribution in [0.25, 0.3) is 12.3 Å². The minimum atomic E-state index is 0.400. The summed E-state index contributed by atoms with van der Waals surface area (Å²) in [6.45, 7) is 2.17. The zero-order valence-electron chi connectivity index (χ0n) is 9.35. The van der Waals surface area contributed by atoms with Crippen LogP contribution in [0.5, 0.6) is 0 Å². The number of allylic oxidation sites excluding steroid dienone is 2. The minimum Gasteiger partial charge on any atom is -0.383 e. The molecule has 0 saturated heterocycles. The standard InChI is InChI=1S/C15H15N/c1-11-5-4-7-13-10-16-15-8-3-2-6-12(15)9-14(11)13/h2-10,12,15-16H,1H3. The van der Waals surface area contributed by atoms with Crippen LogP contribution in [0.4, 0.5) is 0 Å². The SMILES string of the molecule is Cc1cccc2c1=CC1C=CC=CC1NC=2. The normalized spacial score (nSPS) is 25.6. The molecule has 2 unspecified atom stereocenters. The summed E-state index contributed by atoms with van der Waals surface area (Å²) >= 11 is 0. The van der Waals surface area contributed by atoms with Crippen molar-refractivity contribution in [3.63, 3.8) is 0 Å². The maximum absolute atomic E-state index is 3.47. The first-order chi connectivity index (χ1) is 7.84. The van der Waals surface area contributed by atoms with E-state index in [4.69, 9.17) is 0 Å². The number of benzene rings is 1. The van der Waals surface area contributed by atoms with Gasteiger partial charge in [-0.2, -0.15) is 0 Å². The molecule has 0 bridgehead atoms. The molecule has 3 rings (SSSR count). The molecule has 1 aromatic carbocycles. The van der Waals surface area contributed by atoms with Gasteiger partial charge in [-0.1, -0.05) is 48.6 Å². The molecule has 1 aromatic rings. The van der Waals surface area contributed by atoms with Gasteiger partial charge in [0.25, 0.3) is 0 Å². The summed E-state index contributed by atoms with van der Waals surface area (Å²) in [6.07, 6.45) is 13.2. The van der Waals surface area contributed by atoms with Crippen LogP contribution in [0.1, 0.15) is 5.56 Å². The Morgan fingerprint density at radius 1 is 1.12 bits per heavy atom. The average Bonchev–Trinajstić information content (AvgIpc) is 2.50. The summed E-state index contributed by atoms with van der Waals surface area (Å²) in [4.78, 5) is 0. The van der Waals surface area contributed by atoms with Crippen LogP contribution in [-0.4, -0.2) is 6.04 Å². The van der Waals surface area contributed by atoms with Crippen LogP contribution >= 0.6 is 0 Å². The minimum absolute atomic E-state index is 0.400. The van der Waals surface area contributed by atoms with Crippen LogP contribution in [0.15, 0.2) is 42.5 Å². The van der Waals surface area contributed by atoms with Gasteiger partial charge in [0, 0.05) is 12.1 Å². The Balaban J connectivity index is 2.24. The van der Waals surface area contributed by atoms with Crippen molar-refractivity contribution in [1.82, 2.24) is 5.32 Å². The maximum Gasteiger partial charge on any atom is 0.0540 e. The van der Waals surface area contributed by atoms with Crippen molar-refractivity contribution in [3.8, 4) is 0 Å². The lowest BCUT2D eigenvalue weighted by Gasteiger charge is -2.20. The Bertz CT molecular complexity index is 578.